The Balaban J connectivity index is 1.93. The first-order chi connectivity index (χ1) is 17.4. The molecule has 2 heterocycles. The van der Waals surface area contributed by atoms with E-state index < -0.39 is 55.7 Å². The van der Waals surface area contributed by atoms with Crippen LogP contribution < -0.4 is 14.5 Å². The molecule has 9 nitrogen and oxygen atoms in total. The second-order valence-corrected chi connectivity index (χ2v) is 10.0. The summed E-state index contributed by atoms with van der Waals surface area (Å²) in [5.74, 6) is -4.24. The molecule has 0 amide bonds. The molecule has 0 fully saturated rings. The van der Waals surface area contributed by atoms with Gasteiger partial charge in [-0.05, 0) is 27.6 Å². The Hall–Kier alpha value is -3.17. The highest BCUT2D eigenvalue weighted by atomic mass is 79.9. The summed E-state index contributed by atoms with van der Waals surface area (Å²) < 4.78 is 98.4. The molecule has 15 heteroatoms. The highest BCUT2D eigenvalue weighted by Gasteiger charge is 2.50. The number of halogens is 5. The number of carbonyl (C=O) groups excluding carboxylic acids is 1. The lowest BCUT2D eigenvalue weighted by molar-refractivity contribution is -0.0500. The van der Waals surface area contributed by atoms with Crippen molar-refractivity contribution in [3.63, 3.8) is 0 Å². The van der Waals surface area contributed by atoms with Gasteiger partial charge in [0.15, 0.2) is 17.1 Å². The van der Waals surface area contributed by atoms with Crippen LogP contribution in [-0.2, 0) is 26.2 Å². The molecular weight excluding hydrogens is 594 g/mol. The minimum absolute atomic E-state index is 0.129. The van der Waals surface area contributed by atoms with Gasteiger partial charge in [0, 0.05) is 0 Å². The lowest BCUT2D eigenvalue weighted by atomic mass is 10.1. The van der Waals surface area contributed by atoms with Crippen molar-refractivity contribution in [1.82, 2.24) is 4.57 Å². The van der Waals surface area contributed by atoms with Gasteiger partial charge in [0.25, 0.3) is 5.56 Å². The van der Waals surface area contributed by atoms with E-state index in [1.54, 1.807) is 30.3 Å². The highest BCUT2D eigenvalue weighted by Crippen LogP contribution is 2.44. The number of nitrogens with zero attached hydrogens (tertiary/aromatic N) is 1. The smallest absolute Gasteiger partial charge is 0.488 e. The van der Waals surface area contributed by atoms with Gasteiger partial charge in [-0.2, -0.15) is 21.6 Å². The molecule has 4 rings (SSSR count). The average Bonchev–Trinajstić information content (AvgIpc) is 2.84. The Labute approximate surface area is 214 Å². The summed E-state index contributed by atoms with van der Waals surface area (Å²) in [5.41, 5.74) is -7.84. The molecule has 3 aromatic rings. The Morgan fingerprint density at radius 3 is 2.54 bits per heavy atom. The van der Waals surface area contributed by atoms with Crippen LogP contribution in [0.25, 0.3) is 10.9 Å². The molecule has 0 spiro atoms. The molecule has 198 valence electrons. The fourth-order valence-electron chi connectivity index (χ4n) is 3.73. The van der Waals surface area contributed by atoms with E-state index in [1.165, 1.54) is 0 Å². The third-order valence-electron chi connectivity index (χ3n) is 5.37. The summed E-state index contributed by atoms with van der Waals surface area (Å²) in [5, 5.41) is -0.642. The van der Waals surface area contributed by atoms with Gasteiger partial charge in [0.05, 0.1) is 41.7 Å². The number of alkyl halides is 3. The Morgan fingerprint density at radius 1 is 1.24 bits per heavy atom. The van der Waals surface area contributed by atoms with E-state index in [4.69, 9.17) is 9.47 Å². The zero-order chi connectivity index (χ0) is 27.1. The number of hydrogen-bond donors (Lipinski definition) is 0. The Kier molecular flexibility index (Phi) is 7.23. The molecule has 1 aliphatic rings. The minimum atomic E-state index is -6.37. The van der Waals surface area contributed by atoms with Crippen molar-refractivity contribution in [2.45, 2.75) is 18.2 Å². The van der Waals surface area contributed by atoms with E-state index in [9.17, 15) is 35.6 Å². The van der Waals surface area contributed by atoms with E-state index in [-0.39, 0.29) is 35.6 Å². The second kappa shape index (κ2) is 9.95. The number of aromatic nitrogens is 1. The SMILES string of the molecule is COC(=O)c1c(OS(=O)(=O)C(F)(F)F)c2cc(F)c(Br)c3c2n(c1=O)[C@@H](COCc1ccccc1)CO3. The summed E-state index contributed by atoms with van der Waals surface area (Å²) in [6, 6.07) is 8.63. The van der Waals surface area contributed by atoms with Gasteiger partial charge in [-0.1, -0.05) is 30.3 Å². The van der Waals surface area contributed by atoms with Gasteiger partial charge in [-0.3, -0.25) is 9.36 Å². The van der Waals surface area contributed by atoms with Gasteiger partial charge < -0.3 is 18.4 Å². The van der Waals surface area contributed by atoms with Gasteiger partial charge in [-0.15, -0.1) is 0 Å². The minimum Gasteiger partial charge on any atom is -0.488 e. The largest absolute Gasteiger partial charge is 0.534 e. The average molecular weight is 610 g/mol. The Bertz CT molecular complexity index is 1540. The predicted octanol–water partition coefficient (Wildman–Crippen LogP) is 4.07. The fourth-order valence-corrected chi connectivity index (χ4v) is 4.63. The van der Waals surface area contributed by atoms with Gasteiger partial charge >= 0.3 is 21.6 Å². The normalized spacial score (nSPS) is 15.4. The molecule has 0 bridgehead atoms. The molecule has 0 unspecified atom stereocenters. The molecule has 0 saturated carbocycles. The van der Waals surface area contributed by atoms with Crippen molar-refractivity contribution in [3.05, 3.63) is 68.2 Å². The molecule has 1 aromatic heterocycles. The zero-order valence-corrected chi connectivity index (χ0v) is 21.1. The molecule has 0 saturated heterocycles. The fraction of sp³-hybridized carbons (Fsp3) is 0.273. The number of benzene rings is 2. The third kappa shape index (κ3) is 4.90. The Morgan fingerprint density at radius 2 is 1.92 bits per heavy atom. The van der Waals surface area contributed by atoms with Gasteiger partial charge in [-0.25, -0.2) is 9.18 Å². The first kappa shape index (κ1) is 26.9. The summed E-state index contributed by atoms with van der Waals surface area (Å²) in [4.78, 5) is 26.0. The summed E-state index contributed by atoms with van der Waals surface area (Å²) in [6.45, 7) is -0.287. The van der Waals surface area contributed by atoms with Crippen molar-refractivity contribution in [2.24, 2.45) is 0 Å². The van der Waals surface area contributed by atoms with E-state index in [0.717, 1.165) is 17.2 Å². The number of rotatable bonds is 7. The number of methoxy groups -OCH3 is 1. The molecule has 0 radical (unpaired) electrons. The van der Waals surface area contributed by atoms with E-state index in [0.29, 0.717) is 6.07 Å². The van der Waals surface area contributed by atoms with Crippen LogP contribution in [0.2, 0.25) is 0 Å². The van der Waals surface area contributed by atoms with E-state index in [1.807, 2.05) is 0 Å². The monoisotopic (exact) mass is 609 g/mol. The molecule has 0 aliphatic carbocycles. The predicted molar refractivity (Wildman–Crippen MR) is 123 cm³/mol. The van der Waals surface area contributed by atoms with Crippen LogP contribution in [0.4, 0.5) is 17.6 Å². The van der Waals surface area contributed by atoms with Crippen LogP contribution in [0.5, 0.6) is 11.5 Å². The number of ether oxygens (including phenoxy) is 3. The maximum atomic E-state index is 14.7. The van der Waals surface area contributed by atoms with E-state index in [2.05, 4.69) is 24.8 Å². The molecule has 1 atom stereocenters. The standard InChI is InChI=1S/C22H16BrF4NO8S/c1-33-21(30)15-18(36-37(31,32)22(25,26)27)13-7-14(24)16(23)19-17(13)28(20(15)29)12(10-35-19)9-34-8-11-5-3-2-4-6-11/h2-7,12H,8-10H2,1H3/t12-/m0/s1. The highest BCUT2D eigenvalue weighted by molar-refractivity contribution is 9.10. The van der Waals surface area contributed by atoms with Crippen molar-refractivity contribution >= 4 is 42.9 Å². The van der Waals surface area contributed by atoms with Crippen molar-refractivity contribution < 1.29 is 49.2 Å². The third-order valence-corrected chi connectivity index (χ3v) is 7.06. The molecule has 1 aliphatic heterocycles. The lowest BCUT2D eigenvalue weighted by Crippen LogP contribution is -2.39. The summed E-state index contributed by atoms with van der Waals surface area (Å²) >= 11 is 2.96. The quantitative estimate of drug-likeness (QED) is 0.171. The van der Waals surface area contributed by atoms with E-state index >= 15 is 0 Å². The number of hydrogen-bond acceptors (Lipinski definition) is 8. The molecular formula is C22H16BrF4NO8S. The van der Waals surface area contributed by atoms with Crippen LogP contribution in [0, 0.1) is 5.82 Å². The second-order valence-electron chi connectivity index (χ2n) is 7.72. The molecule has 0 N–H and O–H groups in total. The van der Waals surface area contributed by atoms with Gasteiger partial charge in [0.2, 0.25) is 0 Å². The first-order valence-corrected chi connectivity index (χ1v) is 12.5. The number of carbonyl (C=O) groups is 1. The maximum absolute atomic E-state index is 14.7. The van der Waals surface area contributed by atoms with Crippen molar-refractivity contribution in [3.8, 4) is 11.5 Å². The van der Waals surface area contributed by atoms with Crippen LogP contribution in [0.1, 0.15) is 22.0 Å². The topological polar surface area (TPSA) is 110 Å². The number of pyridine rings is 1. The number of esters is 1. The van der Waals surface area contributed by atoms with Crippen LogP contribution in [0.3, 0.4) is 0 Å². The van der Waals surface area contributed by atoms with Gasteiger partial charge in [0.1, 0.15) is 12.4 Å². The summed E-state index contributed by atoms with van der Waals surface area (Å²) in [6.07, 6.45) is 0. The molecule has 37 heavy (non-hydrogen) atoms. The van der Waals surface area contributed by atoms with Crippen molar-refractivity contribution in [2.75, 3.05) is 20.3 Å². The summed E-state index contributed by atoms with van der Waals surface area (Å²) in [7, 11) is -5.55. The lowest BCUT2D eigenvalue weighted by Gasteiger charge is -2.30. The van der Waals surface area contributed by atoms with Crippen molar-refractivity contribution in [1.29, 1.82) is 0 Å². The zero-order valence-electron chi connectivity index (χ0n) is 18.7. The van der Waals surface area contributed by atoms with Crippen LogP contribution >= 0.6 is 15.9 Å². The van der Waals surface area contributed by atoms with Crippen LogP contribution in [0.15, 0.2) is 45.7 Å². The first-order valence-electron chi connectivity index (χ1n) is 10.3. The molecule has 2 aromatic carbocycles. The maximum Gasteiger partial charge on any atom is 0.534 e. The van der Waals surface area contributed by atoms with Crippen LogP contribution in [-0.4, -0.2) is 44.8 Å².